The minimum atomic E-state index is -0.0183. The summed E-state index contributed by atoms with van der Waals surface area (Å²) in [5, 5.41) is 0. The van der Waals surface area contributed by atoms with Crippen molar-refractivity contribution in [3.63, 3.8) is 0 Å². The summed E-state index contributed by atoms with van der Waals surface area (Å²) in [5.41, 5.74) is 1.35. The molecule has 4 nitrogen and oxygen atoms in total. The van der Waals surface area contributed by atoms with Gasteiger partial charge in [-0.2, -0.15) is 0 Å². The quantitative estimate of drug-likeness (QED) is 0.729. The maximum absolute atomic E-state index is 12.4. The van der Waals surface area contributed by atoms with Crippen LogP contribution in [0.4, 0.5) is 5.69 Å². The third kappa shape index (κ3) is 1.60. The molecular formula is C13H14N2O2. The molecule has 0 atom stereocenters. The molecule has 0 saturated heterocycles. The summed E-state index contributed by atoms with van der Waals surface area (Å²) in [5.74, 6) is -0.0315. The van der Waals surface area contributed by atoms with Crippen LogP contribution < -0.4 is 4.90 Å². The summed E-state index contributed by atoms with van der Waals surface area (Å²) < 4.78 is 0. The lowest BCUT2D eigenvalue weighted by molar-refractivity contribution is -0.119. The second kappa shape index (κ2) is 3.58. The molecule has 0 N–H and O–H groups in total. The summed E-state index contributed by atoms with van der Waals surface area (Å²) in [6.07, 6.45) is 2.04. The number of likely N-dealkylation sites (N-methyl/N-ethyl adjacent to an activating group) is 1. The number of benzene rings is 1. The van der Waals surface area contributed by atoms with Gasteiger partial charge in [0.2, 0.25) is 5.91 Å². The summed E-state index contributed by atoms with van der Waals surface area (Å²) in [6.45, 7) is 0.203. The van der Waals surface area contributed by atoms with Crippen molar-refractivity contribution in [1.29, 1.82) is 0 Å². The Morgan fingerprint density at radius 2 is 1.88 bits per heavy atom. The van der Waals surface area contributed by atoms with Gasteiger partial charge in [-0.15, -0.1) is 0 Å². The van der Waals surface area contributed by atoms with Crippen molar-refractivity contribution in [1.82, 2.24) is 4.90 Å². The number of nitrogens with zero attached hydrogens (tertiary/aromatic N) is 2. The van der Waals surface area contributed by atoms with Crippen molar-refractivity contribution in [2.75, 3.05) is 18.5 Å². The number of anilines is 1. The molecule has 1 saturated carbocycles. The Morgan fingerprint density at radius 1 is 1.18 bits per heavy atom. The topological polar surface area (TPSA) is 40.6 Å². The number of rotatable bonds is 1. The van der Waals surface area contributed by atoms with E-state index in [1.165, 1.54) is 0 Å². The molecule has 1 heterocycles. The molecule has 17 heavy (non-hydrogen) atoms. The summed E-state index contributed by atoms with van der Waals surface area (Å²) >= 11 is 0. The van der Waals surface area contributed by atoms with Gasteiger partial charge in [0.25, 0.3) is 5.91 Å². The number of hydrogen-bond donors (Lipinski definition) is 0. The second-order valence-electron chi connectivity index (χ2n) is 4.63. The first-order valence-electron chi connectivity index (χ1n) is 5.85. The maximum Gasteiger partial charge on any atom is 0.256 e. The largest absolute Gasteiger partial charge is 0.326 e. The van der Waals surface area contributed by atoms with Gasteiger partial charge in [0.15, 0.2) is 0 Å². The van der Waals surface area contributed by atoms with Gasteiger partial charge < -0.3 is 9.80 Å². The maximum atomic E-state index is 12.4. The van der Waals surface area contributed by atoms with Crippen LogP contribution in [0.15, 0.2) is 24.3 Å². The van der Waals surface area contributed by atoms with E-state index in [1.807, 2.05) is 18.2 Å². The Balaban J connectivity index is 2.09. The Bertz CT molecular complexity index is 494. The van der Waals surface area contributed by atoms with E-state index in [0.717, 1.165) is 12.8 Å². The molecule has 1 aromatic carbocycles. The van der Waals surface area contributed by atoms with Crippen LogP contribution in [-0.2, 0) is 4.79 Å². The predicted octanol–water partition coefficient (Wildman–Crippen LogP) is 1.27. The van der Waals surface area contributed by atoms with Crippen molar-refractivity contribution in [2.45, 2.75) is 18.9 Å². The molecule has 0 aromatic heterocycles. The molecule has 0 unspecified atom stereocenters. The van der Waals surface area contributed by atoms with E-state index in [1.54, 1.807) is 22.9 Å². The van der Waals surface area contributed by atoms with Gasteiger partial charge in [0, 0.05) is 13.1 Å². The highest BCUT2D eigenvalue weighted by atomic mass is 16.2. The first-order valence-corrected chi connectivity index (χ1v) is 5.85. The molecule has 88 valence electrons. The van der Waals surface area contributed by atoms with Crippen LogP contribution in [0.1, 0.15) is 23.2 Å². The SMILES string of the molecule is CN1C(=O)CN(C2CC2)C(=O)c2ccccc21. The fourth-order valence-corrected chi connectivity index (χ4v) is 2.24. The van der Waals surface area contributed by atoms with Crippen molar-refractivity contribution >= 4 is 17.5 Å². The van der Waals surface area contributed by atoms with E-state index in [-0.39, 0.29) is 24.4 Å². The minimum absolute atomic E-state index is 0.0131. The van der Waals surface area contributed by atoms with Gasteiger partial charge in [0.1, 0.15) is 6.54 Å². The summed E-state index contributed by atoms with van der Waals surface area (Å²) in [6, 6.07) is 7.57. The van der Waals surface area contributed by atoms with E-state index in [9.17, 15) is 9.59 Å². The number of fused-ring (bicyclic) bond motifs is 1. The van der Waals surface area contributed by atoms with Gasteiger partial charge in [-0.1, -0.05) is 12.1 Å². The molecule has 0 bridgehead atoms. The Hall–Kier alpha value is -1.84. The fraction of sp³-hybridized carbons (Fsp3) is 0.385. The number of carbonyl (C=O) groups is 2. The average Bonchev–Trinajstić information content (AvgIpc) is 3.17. The van der Waals surface area contributed by atoms with Crippen LogP contribution in [0.5, 0.6) is 0 Å². The zero-order chi connectivity index (χ0) is 12.0. The van der Waals surface area contributed by atoms with Crippen LogP contribution in [0.2, 0.25) is 0 Å². The second-order valence-corrected chi connectivity index (χ2v) is 4.63. The standard InChI is InChI=1S/C13H14N2O2/c1-14-11-5-3-2-4-10(11)13(17)15(8-12(14)16)9-6-7-9/h2-5,9H,6-8H2,1H3. The van der Waals surface area contributed by atoms with Crippen molar-refractivity contribution < 1.29 is 9.59 Å². The predicted molar refractivity (Wildman–Crippen MR) is 63.9 cm³/mol. The number of para-hydroxylation sites is 1. The molecule has 1 fully saturated rings. The lowest BCUT2D eigenvalue weighted by Gasteiger charge is -2.19. The van der Waals surface area contributed by atoms with Gasteiger partial charge in [-0.3, -0.25) is 9.59 Å². The Labute approximate surface area is 99.8 Å². The van der Waals surface area contributed by atoms with Gasteiger partial charge >= 0.3 is 0 Å². The minimum Gasteiger partial charge on any atom is -0.326 e. The lowest BCUT2D eigenvalue weighted by atomic mass is 10.1. The lowest BCUT2D eigenvalue weighted by Crippen LogP contribution is -2.39. The number of carbonyl (C=O) groups excluding carboxylic acids is 2. The number of hydrogen-bond acceptors (Lipinski definition) is 2. The van der Waals surface area contributed by atoms with Crippen molar-refractivity contribution in [3.8, 4) is 0 Å². The molecule has 1 aromatic rings. The molecule has 1 aliphatic carbocycles. The van der Waals surface area contributed by atoms with Crippen molar-refractivity contribution in [3.05, 3.63) is 29.8 Å². The molecular weight excluding hydrogens is 216 g/mol. The van der Waals surface area contributed by atoms with Gasteiger partial charge in [-0.05, 0) is 25.0 Å². The molecule has 3 rings (SSSR count). The third-order valence-electron chi connectivity index (χ3n) is 3.42. The molecule has 2 aliphatic rings. The van der Waals surface area contributed by atoms with E-state index >= 15 is 0 Å². The van der Waals surface area contributed by atoms with Crippen molar-refractivity contribution in [2.24, 2.45) is 0 Å². The molecule has 0 spiro atoms. The van der Waals surface area contributed by atoms with Crippen LogP contribution >= 0.6 is 0 Å². The van der Waals surface area contributed by atoms with Gasteiger partial charge in [0.05, 0.1) is 11.3 Å². The average molecular weight is 230 g/mol. The van der Waals surface area contributed by atoms with E-state index in [4.69, 9.17) is 0 Å². The Kier molecular flexibility index (Phi) is 2.18. The first-order chi connectivity index (χ1) is 8.18. The third-order valence-corrected chi connectivity index (χ3v) is 3.42. The van der Waals surface area contributed by atoms with E-state index in [0.29, 0.717) is 11.3 Å². The van der Waals surface area contributed by atoms with Crippen LogP contribution in [0.25, 0.3) is 0 Å². The van der Waals surface area contributed by atoms with E-state index in [2.05, 4.69) is 0 Å². The molecule has 4 heteroatoms. The van der Waals surface area contributed by atoms with E-state index < -0.39 is 0 Å². The Morgan fingerprint density at radius 3 is 2.59 bits per heavy atom. The highest BCUT2D eigenvalue weighted by Crippen LogP contribution is 2.32. The highest BCUT2D eigenvalue weighted by Gasteiger charge is 2.38. The molecule has 1 aliphatic heterocycles. The van der Waals surface area contributed by atoms with Crippen LogP contribution in [0, 0.1) is 0 Å². The fourth-order valence-electron chi connectivity index (χ4n) is 2.24. The zero-order valence-corrected chi connectivity index (χ0v) is 9.72. The highest BCUT2D eigenvalue weighted by molar-refractivity contribution is 6.09. The monoisotopic (exact) mass is 230 g/mol. The first kappa shape index (κ1) is 10.3. The zero-order valence-electron chi connectivity index (χ0n) is 9.72. The molecule has 0 radical (unpaired) electrons. The molecule has 2 amide bonds. The normalized spacial score (nSPS) is 20.3. The summed E-state index contributed by atoms with van der Waals surface area (Å²) in [4.78, 5) is 27.6. The number of amides is 2. The smallest absolute Gasteiger partial charge is 0.256 e. The van der Waals surface area contributed by atoms with Crippen LogP contribution in [-0.4, -0.2) is 36.3 Å². The summed E-state index contributed by atoms with van der Waals surface area (Å²) in [7, 11) is 1.73. The van der Waals surface area contributed by atoms with Crippen LogP contribution in [0.3, 0.4) is 0 Å². The van der Waals surface area contributed by atoms with Gasteiger partial charge in [-0.25, -0.2) is 0 Å².